The van der Waals surface area contributed by atoms with Crippen molar-refractivity contribution in [2.45, 2.75) is 32.5 Å². The zero-order chi connectivity index (χ0) is 11.6. The average molecular weight is 208 g/mol. The van der Waals surface area contributed by atoms with Crippen LogP contribution < -0.4 is 0 Å². The smallest absolute Gasteiger partial charge is 0.179 e. The molecule has 0 aromatic rings. The second kappa shape index (κ2) is 4.13. The summed E-state index contributed by atoms with van der Waals surface area (Å²) in [6, 6.07) is 0. The fourth-order valence-electron chi connectivity index (χ4n) is 1.49. The van der Waals surface area contributed by atoms with Gasteiger partial charge in [-0.2, -0.15) is 0 Å². The average Bonchev–Trinajstić information content (AvgIpc) is 2.10. The zero-order valence-corrected chi connectivity index (χ0v) is 9.08. The minimum atomic E-state index is -1.85. The fourth-order valence-corrected chi connectivity index (χ4v) is 1.49. The summed E-state index contributed by atoms with van der Waals surface area (Å²) in [5, 5.41) is 18.2. The Morgan fingerprint density at radius 2 is 2.00 bits per heavy atom. The molecule has 1 aliphatic rings. The van der Waals surface area contributed by atoms with Crippen molar-refractivity contribution < 1.29 is 15.0 Å². The molecule has 0 heterocycles. The lowest BCUT2D eigenvalue weighted by Crippen LogP contribution is -2.19. The highest BCUT2D eigenvalue weighted by atomic mass is 16.5. The van der Waals surface area contributed by atoms with E-state index in [1.165, 1.54) is 13.0 Å². The lowest BCUT2D eigenvalue weighted by atomic mass is 9.87. The lowest BCUT2D eigenvalue weighted by Gasteiger charge is -2.17. The van der Waals surface area contributed by atoms with E-state index in [-0.39, 0.29) is 5.78 Å². The third-order valence-electron chi connectivity index (χ3n) is 2.42. The molecule has 0 spiro atoms. The molecule has 0 bridgehead atoms. The van der Waals surface area contributed by atoms with Gasteiger partial charge in [0.05, 0.1) is 0 Å². The Kier molecular flexibility index (Phi) is 3.27. The van der Waals surface area contributed by atoms with Gasteiger partial charge < -0.3 is 10.2 Å². The summed E-state index contributed by atoms with van der Waals surface area (Å²) in [7, 11) is 0. The summed E-state index contributed by atoms with van der Waals surface area (Å²) in [4.78, 5) is 11.4. The van der Waals surface area contributed by atoms with Crippen LogP contribution in [0.2, 0.25) is 0 Å². The van der Waals surface area contributed by atoms with Crippen molar-refractivity contribution in [3.8, 4) is 0 Å². The van der Waals surface area contributed by atoms with E-state index in [9.17, 15) is 4.79 Å². The SMILES string of the molecule is C=C1CCC(=O)C(C)=C1/C=C/C(C)(O)O. The van der Waals surface area contributed by atoms with Gasteiger partial charge in [-0.3, -0.25) is 4.79 Å². The Hall–Kier alpha value is -1.19. The predicted molar refractivity (Wildman–Crippen MR) is 58.1 cm³/mol. The number of Topliss-reactive ketones (excluding diaryl/α,β-unsaturated/α-hetero) is 1. The van der Waals surface area contributed by atoms with Crippen molar-refractivity contribution in [3.63, 3.8) is 0 Å². The highest BCUT2D eigenvalue weighted by molar-refractivity contribution is 5.98. The van der Waals surface area contributed by atoms with Gasteiger partial charge >= 0.3 is 0 Å². The molecule has 2 N–H and O–H groups in total. The molecule has 0 saturated heterocycles. The van der Waals surface area contributed by atoms with Crippen LogP contribution in [0, 0.1) is 0 Å². The summed E-state index contributed by atoms with van der Waals surface area (Å²) < 4.78 is 0. The summed E-state index contributed by atoms with van der Waals surface area (Å²) in [6.07, 6.45) is 3.94. The van der Waals surface area contributed by atoms with Gasteiger partial charge in [-0.15, -0.1) is 0 Å². The highest BCUT2D eigenvalue weighted by Crippen LogP contribution is 2.27. The number of carbonyl (C=O) groups is 1. The van der Waals surface area contributed by atoms with E-state index >= 15 is 0 Å². The molecule has 0 aliphatic heterocycles. The summed E-state index contributed by atoms with van der Waals surface area (Å²) in [5.41, 5.74) is 2.24. The van der Waals surface area contributed by atoms with E-state index < -0.39 is 5.79 Å². The van der Waals surface area contributed by atoms with E-state index in [0.29, 0.717) is 18.4 Å². The van der Waals surface area contributed by atoms with Gasteiger partial charge in [-0.05, 0) is 43.1 Å². The molecule has 82 valence electrons. The molecule has 3 nitrogen and oxygen atoms in total. The predicted octanol–water partition coefficient (Wildman–Crippen LogP) is 1.48. The molecule has 15 heavy (non-hydrogen) atoms. The van der Waals surface area contributed by atoms with Crippen LogP contribution in [-0.4, -0.2) is 21.8 Å². The normalized spacial score (nSPS) is 19.2. The van der Waals surface area contributed by atoms with Crippen LogP contribution in [0.1, 0.15) is 26.7 Å². The van der Waals surface area contributed by atoms with E-state index in [2.05, 4.69) is 6.58 Å². The highest BCUT2D eigenvalue weighted by Gasteiger charge is 2.18. The van der Waals surface area contributed by atoms with Crippen molar-refractivity contribution in [1.82, 2.24) is 0 Å². The van der Waals surface area contributed by atoms with Crippen LogP contribution in [0.5, 0.6) is 0 Å². The van der Waals surface area contributed by atoms with Gasteiger partial charge in [0.2, 0.25) is 0 Å². The number of carbonyl (C=O) groups excluding carboxylic acids is 1. The molecule has 0 amide bonds. The number of hydrogen-bond acceptors (Lipinski definition) is 3. The second-order valence-corrected chi connectivity index (χ2v) is 3.99. The Balaban J connectivity index is 3.01. The molecule has 3 heteroatoms. The van der Waals surface area contributed by atoms with E-state index in [4.69, 9.17) is 10.2 Å². The van der Waals surface area contributed by atoms with Crippen molar-refractivity contribution >= 4 is 5.78 Å². The molecule has 0 fully saturated rings. The Morgan fingerprint density at radius 1 is 1.40 bits per heavy atom. The molecule has 1 aliphatic carbocycles. The quantitative estimate of drug-likeness (QED) is 0.676. The molecular weight excluding hydrogens is 192 g/mol. The van der Waals surface area contributed by atoms with E-state index in [1.807, 2.05) is 0 Å². The summed E-state index contributed by atoms with van der Waals surface area (Å²) in [5.74, 6) is -1.76. The number of allylic oxidation sites excluding steroid dienone is 4. The minimum absolute atomic E-state index is 0.0969. The van der Waals surface area contributed by atoms with Gasteiger partial charge in [0.15, 0.2) is 11.6 Å². The van der Waals surface area contributed by atoms with Crippen LogP contribution in [0.4, 0.5) is 0 Å². The molecule has 0 radical (unpaired) electrons. The van der Waals surface area contributed by atoms with Crippen molar-refractivity contribution in [1.29, 1.82) is 0 Å². The van der Waals surface area contributed by atoms with Gasteiger partial charge in [0.25, 0.3) is 0 Å². The van der Waals surface area contributed by atoms with Gasteiger partial charge in [0.1, 0.15) is 0 Å². The van der Waals surface area contributed by atoms with Gasteiger partial charge in [0, 0.05) is 6.42 Å². The molecule has 0 atom stereocenters. The maximum absolute atomic E-state index is 11.4. The van der Waals surface area contributed by atoms with Crippen LogP contribution in [0.25, 0.3) is 0 Å². The van der Waals surface area contributed by atoms with Crippen LogP contribution >= 0.6 is 0 Å². The number of aliphatic hydroxyl groups is 2. The number of hydrogen-bond donors (Lipinski definition) is 2. The largest absolute Gasteiger partial charge is 0.363 e. The van der Waals surface area contributed by atoms with Crippen molar-refractivity contribution in [2.24, 2.45) is 0 Å². The molecule has 0 aromatic carbocycles. The number of rotatable bonds is 2. The minimum Gasteiger partial charge on any atom is -0.363 e. The third-order valence-corrected chi connectivity index (χ3v) is 2.42. The first kappa shape index (κ1) is 11.9. The standard InChI is InChI=1S/C12H16O3/c1-8-4-5-11(13)9(2)10(8)6-7-12(3,14)15/h6-7,14-15H,1,4-5H2,2-3H3/b7-6+. The first-order chi connectivity index (χ1) is 6.81. The Morgan fingerprint density at radius 3 is 2.53 bits per heavy atom. The molecule has 1 rings (SSSR count). The fraction of sp³-hybridized carbons (Fsp3) is 0.417. The lowest BCUT2D eigenvalue weighted by molar-refractivity contribution is -0.115. The maximum Gasteiger partial charge on any atom is 0.179 e. The van der Waals surface area contributed by atoms with Gasteiger partial charge in [-0.1, -0.05) is 12.7 Å². The first-order valence-corrected chi connectivity index (χ1v) is 4.87. The molecule has 0 unspecified atom stereocenters. The third kappa shape index (κ3) is 3.15. The van der Waals surface area contributed by atoms with Crippen LogP contribution in [0.3, 0.4) is 0 Å². The molecule has 0 aromatic heterocycles. The topological polar surface area (TPSA) is 57.5 Å². The van der Waals surface area contributed by atoms with Crippen molar-refractivity contribution in [2.75, 3.05) is 0 Å². The maximum atomic E-state index is 11.4. The summed E-state index contributed by atoms with van der Waals surface area (Å²) in [6.45, 7) is 6.85. The van der Waals surface area contributed by atoms with Crippen LogP contribution in [-0.2, 0) is 4.79 Å². The van der Waals surface area contributed by atoms with Gasteiger partial charge in [-0.25, -0.2) is 0 Å². The monoisotopic (exact) mass is 208 g/mol. The van der Waals surface area contributed by atoms with Crippen LogP contribution in [0.15, 0.2) is 35.5 Å². The molecule has 0 saturated carbocycles. The van der Waals surface area contributed by atoms with E-state index in [0.717, 1.165) is 11.1 Å². The Labute approximate surface area is 89.4 Å². The van der Waals surface area contributed by atoms with Crippen molar-refractivity contribution in [3.05, 3.63) is 35.5 Å². The molecular formula is C12H16O3. The number of ketones is 1. The summed E-state index contributed by atoms with van der Waals surface area (Å²) >= 11 is 0. The second-order valence-electron chi connectivity index (χ2n) is 3.99. The first-order valence-electron chi connectivity index (χ1n) is 4.87. The Bertz CT molecular complexity index is 354. The zero-order valence-electron chi connectivity index (χ0n) is 9.08. The van der Waals surface area contributed by atoms with E-state index in [1.54, 1.807) is 13.0 Å².